The zero-order valence-electron chi connectivity index (χ0n) is 16.1. The standard InChI is InChI=1S/C20H22N4O4/c1-15-16(10-11-20(2,3)22-12-4-5-13-22)14-23(21-15)19(25)28-18-8-6-17(7-9-18)24(26)27/h6-9,14H,4-5,12-13H2,1-3H3. The van der Waals surface area contributed by atoms with Crippen molar-refractivity contribution in [1.82, 2.24) is 14.7 Å². The molecule has 8 nitrogen and oxygen atoms in total. The van der Waals surface area contributed by atoms with Crippen molar-refractivity contribution in [3.8, 4) is 17.6 Å². The van der Waals surface area contributed by atoms with Crippen LogP contribution in [0.2, 0.25) is 0 Å². The Balaban J connectivity index is 1.72. The van der Waals surface area contributed by atoms with Crippen LogP contribution in [-0.4, -0.2) is 44.3 Å². The molecule has 0 bridgehead atoms. The second-order valence-electron chi connectivity index (χ2n) is 7.19. The number of nitrogens with zero attached hydrogens (tertiary/aromatic N) is 4. The predicted molar refractivity (Wildman–Crippen MR) is 103 cm³/mol. The van der Waals surface area contributed by atoms with E-state index in [-0.39, 0.29) is 17.0 Å². The Morgan fingerprint density at radius 1 is 1.25 bits per heavy atom. The van der Waals surface area contributed by atoms with Crippen molar-refractivity contribution in [2.24, 2.45) is 0 Å². The molecule has 1 aromatic heterocycles. The van der Waals surface area contributed by atoms with E-state index in [0.29, 0.717) is 11.3 Å². The lowest BCUT2D eigenvalue weighted by atomic mass is 10.0. The minimum Gasteiger partial charge on any atom is -0.409 e. The molecule has 1 aromatic carbocycles. The van der Waals surface area contributed by atoms with E-state index in [0.717, 1.165) is 17.8 Å². The average molecular weight is 382 g/mol. The van der Waals surface area contributed by atoms with E-state index in [9.17, 15) is 14.9 Å². The summed E-state index contributed by atoms with van der Waals surface area (Å²) in [6.45, 7) is 8.05. The summed E-state index contributed by atoms with van der Waals surface area (Å²) in [5.74, 6) is 6.62. The molecule has 2 heterocycles. The highest BCUT2D eigenvalue weighted by atomic mass is 16.6. The molecule has 1 aliphatic rings. The second kappa shape index (κ2) is 7.82. The monoisotopic (exact) mass is 382 g/mol. The molecular weight excluding hydrogens is 360 g/mol. The summed E-state index contributed by atoms with van der Waals surface area (Å²) < 4.78 is 6.30. The van der Waals surface area contributed by atoms with Crippen molar-refractivity contribution in [1.29, 1.82) is 0 Å². The molecule has 0 radical (unpaired) electrons. The SMILES string of the molecule is Cc1nn(C(=O)Oc2ccc([N+](=O)[O-])cc2)cc1C#CC(C)(C)N1CCCC1. The fourth-order valence-corrected chi connectivity index (χ4v) is 3.04. The number of hydrogen-bond donors (Lipinski definition) is 0. The lowest BCUT2D eigenvalue weighted by Gasteiger charge is -2.30. The van der Waals surface area contributed by atoms with Gasteiger partial charge in [0.2, 0.25) is 0 Å². The van der Waals surface area contributed by atoms with Gasteiger partial charge in [0.15, 0.2) is 0 Å². The van der Waals surface area contributed by atoms with Gasteiger partial charge < -0.3 is 4.74 Å². The van der Waals surface area contributed by atoms with Crippen molar-refractivity contribution in [2.75, 3.05) is 13.1 Å². The number of likely N-dealkylation sites (tertiary alicyclic amines) is 1. The van der Waals surface area contributed by atoms with Gasteiger partial charge in [0.1, 0.15) is 5.75 Å². The molecule has 0 aliphatic carbocycles. The first-order valence-corrected chi connectivity index (χ1v) is 9.07. The number of non-ortho nitro benzene ring substituents is 1. The van der Waals surface area contributed by atoms with Crippen molar-refractivity contribution >= 4 is 11.8 Å². The molecule has 0 unspecified atom stereocenters. The summed E-state index contributed by atoms with van der Waals surface area (Å²) in [7, 11) is 0. The van der Waals surface area contributed by atoms with Crippen molar-refractivity contribution in [2.45, 2.75) is 39.2 Å². The number of benzene rings is 1. The van der Waals surface area contributed by atoms with Crippen LogP contribution in [0.5, 0.6) is 5.75 Å². The number of hydrogen-bond acceptors (Lipinski definition) is 6. The zero-order valence-corrected chi connectivity index (χ0v) is 16.1. The Bertz CT molecular complexity index is 945. The van der Waals surface area contributed by atoms with E-state index in [1.807, 2.05) is 0 Å². The summed E-state index contributed by atoms with van der Waals surface area (Å²) in [6.07, 6.45) is 3.22. The molecule has 28 heavy (non-hydrogen) atoms. The number of carbonyl (C=O) groups is 1. The quantitative estimate of drug-likeness (QED) is 0.459. The lowest BCUT2D eigenvalue weighted by Crippen LogP contribution is -2.40. The molecule has 3 rings (SSSR count). The summed E-state index contributed by atoms with van der Waals surface area (Å²) in [5.41, 5.74) is 0.968. The van der Waals surface area contributed by atoms with Crippen LogP contribution >= 0.6 is 0 Å². The third-order valence-corrected chi connectivity index (χ3v) is 4.74. The van der Waals surface area contributed by atoms with Gasteiger partial charge in [-0.25, -0.2) is 4.79 Å². The van der Waals surface area contributed by atoms with Gasteiger partial charge in [-0.15, -0.1) is 0 Å². The van der Waals surface area contributed by atoms with Gasteiger partial charge in [-0.1, -0.05) is 11.8 Å². The maximum absolute atomic E-state index is 12.3. The first-order valence-electron chi connectivity index (χ1n) is 9.07. The molecule has 0 atom stereocenters. The Kier molecular flexibility index (Phi) is 5.47. The molecule has 146 valence electrons. The van der Waals surface area contributed by atoms with E-state index < -0.39 is 11.0 Å². The normalized spacial score (nSPS) is 14.4. The molecule has 1 aliphatic heterocycles. The molecule has 0 N–H and O–H groups in total. The average Bonchev–Trinajstić information content (AvgIpc) is 3.31. The highest BCUT2D eigenvalue weighted by Crippen LogP contribution is 2.21. The second-order valence-corrected chi connectivity index (χ2v) is 7.19. The number of carbonyl (C=O) groups excluding carboxylic acids is 1. The van der Waals surface area contributed by atoms with Gasteiger partial charge in [0.05, 0.1) is 27.9 Å². The third-order valence-electron chi connectivity index (χ3n) is 4.74. The minimum atomic E-state index is -0.705. The Hall–Kier alpha value is -3.18. The van der Waals surface area contributed by atoms with Gasteiger partial charge in [-0.3, -0.25) is 15.0 Å². The van der Waals surface area contributed by atoms with Crippen LogP contribution in [0, 0.1) is 28.9 Å². The molecule has 1 saturated heterocycles. The van der Waals surface area contributed by atoms with Crippen LogP contribution in [0.25, 0.3) is 0 Å². The van der Waals surface area contributed by atoms with Crippen LogP contribution in [0.1, 0.15) is 37.9 Å². The Labute approximate surface area is 163 Å². The molecule has 0 spiro atoms. The van der Waals surface area contributed by atoms with E-state index in [2.05, 4.69) is 35.7 Å². The summed E-state index contributed by atoms with van der Waals surface area (Å²) in [4.78, 5) is 24.8. The predicted octanol–water partition coefficient (Wildman–Crippen LogP) is 3.37. The highest BCUT2D eigenvalue weighted by molar-refractivity contribution is 5.72. The van der Waals surface area contributed by atoms with Crippen LogP contribution in [0.15, 0.2) is 30.5 Å². The Morgan fingerprint density at radius 3 is 2.50 bits per heavy atom. The van der Waals surface area contributed by atoms with Gasteiger partial charge in [-0.2, -0.15) is 9.78 Å². The molecule has 1 fully saturated rings. The van der Waals surface area contributed by atoms with Gasteiger partial charge in [0, 0.05) is 12.1 Å². The van der Waals surface area contributed by atoms with Crippen LogP contribution in [-0.2, 0) is 0 Å². The fraction of sp³-hybridized carbons (Fsp3) is 0.400. The van der Waals surface area contributed by atoms with E-state index in [1.165, 1.54) is 43.3 Å². The van der Waals surface area contributed by atoms with E-state index in [1.54, 1.807) is 6.92 Å². The van der Waals surface area contributed by atoms with Crippen LogP contribution in [0.4, 0.5) is 10.5 Å². The molecule has 0 saturated carbocycles. The summed E-state index contributed by atoms with van der Waals surface area (Å²) in [6, 6.07) is 5.28. The van der Waals surface area contributed by atoms with Crippen molar-refractivity contribution in [3.63, 3.8) is 0 Å². The van der Waals surface area contributed by atoms with Crippen molar-refractivity contribution in [3.05, 3.63) is 51.8 Å². The Morgan fingerprint density at radius 2 is 1.89 bits per heavy atom. The van der Waals surface area contributed by atoms with Gasteiger partial charge >= 0.3 is 6.09 Å². The van der Waals surface area contributed by atoms with Gasteiger partial charge in [0.25, 0.3) is 5.69 Å². The molecule has 8 heteroatoms. The minimum absolute atomic E-state index is 0.0760. The van der Waals surface area contributed by atoms with Crippen molar-refractivity contribution < 1.29 is 14.5 Å². The maximum atomic E-state index is 12.3. The maximum Gasteiger partial charge on any atom is 0.440 e. The van der Waals surface area contributed by atoms with Crippen LogP contribution in [0.3, 0.4) is 0 Å². The first kappa shape index (κ1) is 19.6. The largest absolute Gasteiger partial charge is 0.440 e. The number of nitro groups is 1. The number of aromatic nitrogens is 2. The summed E-state index contributed by atoms with van der Waals surface area (Å²) >= 11 is 0. The highest BCUT2D eigenvalue weighted by Gasteiger charge is 2.27. The molecular formula is C20H22N4O4. The van der Waals surface area contributed by atoms with E-state index in [4.69, 9.17) is 4.74 Å². The summed E-state index contributed by atoms with van der Waals surface area (Å²) in [5, 5.41) is 14.8. The third kappa shape index (κ3) is 4.38. The van der Waals surface area contributed by atoms with Crippen LogP contribution < -0.4 is 4.74 Å². The van der Waals surface area contributed by atoms with E-state index >= 15 is 0 Å². The lowest BCUT2D eigenvalue weighted by molar-refractivity contribution is -0.384. The zero-order chi connectivity index (χ0) is 20.3. The number of aryl methyl sites for hydroxylation is 1. The number of rotatable bonds is 3. The number of ether oxygens (including phenoxy) is 1. The molecule has 0 amide bonds. The molecule has 2 aromatic rings. The van der Waals surface area contributed by atoms with Gasteiger partial charge in [-0.05, 0) is 58.8 Å². The smallest absolute Gasteiger partial charge is 0.409 e. The topological polar surface area (TPSA) is 90.5 Å². The fourth-order valence-electron chi connectivity index (χ4n) is 3.04. The number of nitro benzene ring substituents is 1. The first-order chi connectivity index (χ1) is 13.3.